The number of hydrogen-bond donors (Lipinski definition) is 7. The fourth-order valence-electron chi connectivity index (χ4n) is 5.29. The molecule has 22 heteroatoms. The standard InChI is InChI=1S/C19H26ClFN4O5.C15H24ClFN4O5/c1-12(2)10-14(23-19(29)30-11-13-6-4-3-5-7-13)17(27)24-25(9-8-15(22)26)18(28)16(20)21;16-12(17)14(24)21(7-6-11(18)22)20-13(23)10(19-15(25)26)8-9-4-2-1-3-5-9/h3-7,12,14,16H,8-11H2,1-2H3,(H2,22,26)(H,23,29)(H,24,27);9-10,12,19H,1-8H2,(H2,18,22)(H,20,23)(H,25,26). The van der Waals surface area contributed by atoms with E-state index in [1.807, 2.05) is 19.9 Å². The second-order valence-corrected chi connectivity index (χ2v) is 13.9. The highest BCUT2D eigenvalue weighted by atomic mass is 35.5. The summed E-state index contributed by atoms with van der Waals surface area (Å²) in [5.41, 5.74) is 10.2. The molecule has 0 aliphatic heterocycles. The molecule has 56 heavy (non-hydrogen) atoms. The van der Waals surface area contributed by atoms with Crippen molar-refractivity contribution < 1.29 is 57.0 Å². The molecule has 1 fully saturated rings. The van der Waals surface area contributed by atoms with E-state index in [-0.39, 0.29) is 57.2 Å². The summed E-state index contributed by atoms with van der Waals surface area (Å²) in [4.78, 5) is 93.6. The molecule has 0 heterocycles. The van der Waals surface area contributed by atoms with Crippen molar-refractivity contribution in [3.63, 3.8) is 0 Å². The van der Waals surface area contributed by atoms with Crippen molar-refractivity contribution in [2.24, 2.45) is 23.3 Å². The molecule has 0 bridgehead atoms. The zero-order valence-corrected chi connectivity index (χ0v) is 32.5. The van der Waals surface area contributed by atoms with E-state index in [2.05, 4.69) is 21.5 Å². The summed E-state index contributed by atoms with van der Waals surface area (Å²) in [5.74, 6) is -5.51. The first-order valence-electron chi connectivity index (χ1n) is 17.6. The minimum atomic E-state index is -2.43. The second-order valence-electron chi connectivity index (χ2n) is 13.1. The lowest BCUT2D eigenvalue weighted by molar-refractivity contribution is -0.144. The predicted octanol–water partition coefficient (Wildman–Crippen LogP) is 2.46. The summed E-state index contributed by atoms with van der Waals surface area (Å²) in [5, 5.41) is 14.6. The first-order valence-corrected chi connectivity index (χ1v) is 18.5. The Hall–Kier alpha value is -4.98. The summed E-state index contributed by atoms with van der Waals surface area (Å²) >= 11 is 10.3. The van der Waals surface area contributed by atoms with Crippen LogP contribution in [0.5, 0.6) is 0 Å². The number of carbonyl (C=O) groups excluding carboxylic acids is 7. The SMILES string of the molecule is CC(C)CC(NC(=O)OCc1ccccc1)C(=O)NN(CCC(N)=O)C(=O)C(F)Cl.NC(=O)CCN(NC(=O)C(CC1CCCCC1)NC(=O)O)C(=O)C(F)Cl. The maximum Gasteiger partial charge on any atom is 0.408 e. The average Bonchev–Trinajstić information content (AvgIpc) is 3.13. The molecule has 1 aliphatic carbocycles. The third-order valence-corrected chi connectivity index (χ3v) is 8.37. The normalized spacial score (nSPS) is 14.6. The van der Waals surface area contributed by atoms with Crippen molar-refractivity contribution in [1.82, 2.24) is 31.5 Å². The van der Waals surface area contributed by atoms with Gasteiger partial charge in [-0.25, -0.2) is 28.4 Å². The molecule has 1 aromatic rings. The third kappa shape index (κ3) is 20.6. The maximum absolute atomic E-state index is 13.2. The molecule has 0 saturated heterocycles. The van der Waals surface area contributed by atoms with Crippen LogP contribution >= 0.6 is 23.2 Å². The van der Waals surface area contributed by atoms with E-state index in [1.54, 1.807) is 24.3 Å². The van der Waals surface area contributed by atoms with E-state index in [4.69, 9.17) is 44.5 Å². The number of nitrogens with zero attached hydrogens (tertiary/aromatic N) is 2. The first-order chi connectivity index (χ1) is 26.3. The molecule has 314 valence electrons. The summed E-state index contributed by atoms with van der Waals surface area (Å²) in [7, 11) is 0. The predicted molar refractivity (Wildman–Crippen MR) is 198 cm³/mol. The van der Waals surface area contributed by atoms with Crippen molar-refractivity contribution in [3.05, 3.63) is 35.9 Å². The van der Waals surface area contributed by atoms with Crippen molar-refractivity contribution in [2.75, 3.05) is 13.1 Å². The quantitative estimate of drug-likeness (QED) is 0.0838. The Morgan fingerprint density at radius 3 is 1.71 bits per heavy atom. The lowest BCUT2D eigenvalue weighted by Gasteiger charge is -2.29. The lowest BCUT2D eigenvalue weighted by atomic mass is 9.84. The number of benzene rings is 1. The van der Waals surface area contributed by atoms with Crippen LogP contribution in [0.25, 0.3) is 0 Å². The number of hydrogen-bond acceptors (Lipinski definition) is 9. The largest absolute Gasteiger partial charge is 0.465 e. The van der Waals surface area contributed by atoms with Gasteiger partial charge in [0.15, 0.2) is 0 Å². The number of carboxylic acid groups (broad SMARTS) is 1. The van der Waals surface area contributed by atoms with Gasteiger partial charge in [-0.05, 0) is 30.2 Å². The van der Waals surface area contributed by atoms with Crippen LogP contribution in [0.15, 0.2) is 30.3 Å². The van der Waals surface area contributed by atoms with E-state index in [1.165, 1.54) is 0 Å². The topological polar surface area (TPSA) is 273 Å². The Bertz CT molecular complexity index is 1470. The molecule has 2 rings (SSSR count). The minimum absolute atomic E-state index is 0.00168. The molecule has 0 spiro atoms. The van der Waals surface area contributed by atoms with Gasteiger partial charge in [0.05, 0.1) is 13.1 Å². The number of primary amides is 2. The summed E-state index contributed by atoms with van der Waals surface area (Å²) in [6.07, 6.45) is 2.46. The first kappa shape index (κ1) is 49.0. The number of carbonyl (C=O) groups is 8. The van der Waals surface area contributed by atoms with Crippen LogP contribution in [0.2, 0.25) is 0 Å². The van der Waals surface area contributed by atoms with Crippen molar-refractivity contribution in [1.29, 1.82) is 0 Å². The number of nitrogens with two attached hydrogens (primary N) is 2. The van der Waals surface area contributed by atoms with Crippen LogP contribution in [0.3, 0.4) is 0 Å². The van der Waals surface area contributed by atoms with Crippen LogP contribution in [-0.2, 0) is 40.1 Å². The van der Waals surface area contributed by atoms with Gasteiger partial charge in [-0.3, -0.25) is 39.6 Å². The average molecular weight is 840 g/mol. The van der Waals surface area contributed by atoms with E-state index in [0.717, 1.165) is 37.7 Å². The maximum atomic E-state index is 13.2. The van der Waals surface area contributed by atoms with Gasteiger partial charge in [0.1, 0.15) is 18.7 Å². The van der Waals surface area contributed by atoms with Crippen LogP contribution in [0.1, 0.15) is 77.2 Å². The lowest BCUT2D eigenvalue weighted by Crippen LogP contribution is -2.56. The molecular weight excluding hydrogens is 789 g/mol. The van der Waals surface area contributed by atoms with Crippen LogP contribution in [0, 0.1) is 11.8 Å². The van der Waals surface area contributed by atoms with Crippen molar-refractivity contribution in [3.8, 4) is 0 Å². The summed E-state index contributed by atoms with van der Waals surface area (Å²) in [6.45, 7) is 2.89. The van der Waals surface area contributed by atoms with Gasteiger partial charge in [0.2, 0.25) is 11.8 Å². The highest BCUT2D eigenvalue weighted by Gasteiger charge is 2.31. The van der Waals surface area contributed by atoms with Gasteiger partial charge in [0, 0.05) is 12.8 Å². The molecule has 4 unspecified atom stereocenters. The van der Waals surface area contributed by atoms with Gasteiger partial charge >= 0.3 is 12.2 Å². The second kappa shape index (κ2) is 26.0. The molecule has 1 aromatic carbocycles. The molecule has 4 atom stereocenters. The molecule has 9 N–H and O–H groups in total. The number of amides is 8. The molecule has 8 amide bonds. The Morgan fingerprint density at radius 2 is 1.29 bits per heavy atom. The number of nitrogens with one attached hydrogen (secondary N) is 4. The van der Waals surface area contributed by atoms with Crippen LogP contribution in [0.4, 0.5) is 18.4 Å². The van der Waals surface area contributed by atoms with Crippen molar-refractivity contribution >= 4 is 70.8 Å². The van der Waals surface area contributed by atoms with Crippen LogP contribution < -0.4 is 33.0 Å². The Balaban J connectivity index is 0.000000566. The fraction of sp³-hybridized carbons (Fsp3) is 0.588. The summed E-state index contributed by atoms with van der Waals surface area (Å²) in [6, 6.07) is 6.75. The van der Waals surface area contributed by atoms with Gasteiger partial charge in [0.25, 0.3) is 34.9 Å². The zero-order valence-electron chi connectivity index (χ0n) is 31.0. The Labute approximate surface area is 332 Å². The van der Waals surface area contributed by atoms with Gasteiger partial charge in [-0.2, -0.15) is 0 Å². The number of halogens is 4. The fourth-order valence-corrected chi connectivity index (χ4v) is 5.53. The number of rotatable bonds is 18. The Kier molecular flexibility index (Phi) is 22.7. The van der Waals surface area contributed by atoms with E-state index in [0.29, 0.717) is 10.0 Å². The molecule has 1 aliphatic rings. The van der Waals surface area contributed by atoms with E-state index >= 15 is 0 Å². The smallest absolute Gasteiger partial charge is 0.408 e. The third-order valence-electron chi connectivity index (χ3n) is 8.00. The molecule has 1 saturated carbocycles. The molecule has 0 aromatic heterocycles. The van der Waals surface area contributed by atoms with Gasteiger partial charge in [-0.1, -0.05) is 99.5 Å². The monoisotopic (exact) mass is 838 g/mol. The van der Waals surface area contributed by atoms with Crippen molar-refractivity contribution in [2.45, 2.75) is 102 Å². The minimum Gasteiger partial charge on any atom is -0.465 e. The highest BCUT2D eigenvalue weighted by Crippen LogP contribution is 2.27. The van der Waals surface area contributed by atoms with Crippen LogP contribution in [-0.4, -0.2) is 99.2 Å². The van der Waals surface area contributed by atoms with Gasteiger partial charge in [-0.15, -0.1) is 0 Å². The molecular formula is C34H50Cl2F2N8O10. The van der Waals surface area contributed by atoms with E-state index in [9.17, 15) is 47.1 Å². The van der Waals surface area contributed by atoms with E-state index < -0.39 is 71.0 Å². The zero-order chi connectivity index (χ0) is 42.4. The number of alkyl halides is 4. The summed E-state index contributed by atoms with van der Waals surface area (Å²) < 4.78 is 31.4. The number of alkyl carbamates (subject to hydrolysis) is 1. The molecule has 0 radical (unpaired) electrons. The molecule has 18 nitrogen and oxygen atoms in total. The highest BCUT2D eigenvalue weighted by molar-refractivity contribution is 6.29. The Morgan fingerprint density at radius 1 is 0.804 bits per heavy atom. The number of hydrazine groups is 2. The number of ether oxygens (including phenoxy) is 1. The van der Waals surface area contributed by atoms with Gasteiger partial charge < -0.3 is 31.9 Å².